The number of nitrogens with zero attached hydrogens (tertiary/aromatic N) is 1. The first-order valence-corrected chi connectivity index (χ1v) is 8.79. The van der Waals surface area contributed by atoms with Crippen LogP contribution in [0.5, 0.6) is 17.2 Å². The third-order valence-corrected chi connectivity index (χ3v) is 4.69. The minimum absolute atomic E-state index is 0.0819. The van der Waals surface area contributed by atoms with Crippen LogP contribution in [0.3, 0.4) is 0 Å². The van der Waals surface area contributed by atoms with Gasteiger partial charge in [0.25, 0.3) is 0 Å². The first kappa shape index (κ1) is 17.2. The molecule has 2 aromatic carbocycles. The van der Waals surface area contributed by atoms with Gasteiger partial charge in [0.1, 0.15) is 19.0 Å². The second kappa shape index (κ2) is 7.19. The Labute approximate surface area is 156 Å². The van der Waals surface area contributed by atoms with Crippen LogP contribution in [0, 0.1) is 5.92 Å². The number of rotatable bonds is 4. The molecule has 1 saturated heterocycles. The maximum Gasteiger partial charge on any atom is 0.229 e. The average Bonchev–Trinajstić information content (AvgIpc) is 3.10. The third-order valence-electron chi connectivity index (χ3n) is 4.69. The van der Waals surface area contributed by atoms with E-state index in [2.05, 4.69) is 5.32 Å². The second-order valence-electron chi connectivity index (χ2n) is 6.45. The van der Waals surface area contributed by atoms with Gasteiger partial charge in [0.2, 0.25) is 11.8 Å². The van der Waals surface area contributed by atoms with E-state index >= 15 is 0 Å². The highest BCUT2D eigenvalue weighted by atomic mass is 16.6. The molecule has 1 N–H and O–H groups in total. The van der Waals surface area contributed by atoms with Gasteiger partial charge in [-0.3, -0.25) is 9.59 Å². The zero-order valence-electron chi connectivity index (χ0n) is 14.9. The first-order chi connectivity index (χ1) is 13.1. The van der Waals surface area contributed by atoms with Crippen LogP contribution in [-0.2, 0) is 9.59 Å². The summed E-state index contributed by atoms with van der Waals surface area (Å²) in [6.07, 6.45) is 0.177. The van der Waals surface area contributed by atoms with E-state index in [0.717, 1.165) is 0 Å². The summed E-state index contributed by atoms with van der Waals surface area (Å²) in [5.41, 5.74) is 1.38. The molecule has 4 rings (SSSR count). The van der Waals surface area contributed by atoms with E-state index in [0.29, 0.717) is 48.4 Å². The predicted octanol–water partition coefficient (Wildman–Crippen LogP) is 2.46. The second-order valence-corrected chi connectivity index (χ2v) is 6.45. The Morgan fingerprint density at radius 3 is 2.59 bits per heavy atom. The summed E-state index contributed by atoms with van der Waals surface area (Å²) < 4.78 is 16.2. The van der Waals surface area contributed by atoms with Crippen molar-refractivity contribution in [2.24, 2.45) is 5.92 Å². The molecule has 1 unspecified atom stereocenters. The van der Waals surface area contributed by atoms with Gasteiger partial charge in [-0.2, -0.15) is 0 Å². The Bertz CT molecular complexity index is 865. The third kappa shape index (κ3) is 3.53. The van der Waals surface area contributed by atoms with Gasteiger partial charge in [-0.25, -0.2) is 0 Å². The van der Waals surface area contributed by atoms with Gasteiger partial charge in [0.05, 0.1) is 13.0 Å². The lowest BCUT2D eigenvalue weighted by atomic mass is 10.1. The van der Waals surface area contributed by atoms with E-state index in [4.69, 9.17) is 14.2 Å². The molecule has 2 heterocycles. The number of carbonyl (C=O) groups excluding carboxylic acids is 2. The van der Waals surface area contributed by atoms with Crippen LogP contribution in [-0.4, -0.2) is 38.7 Å². The lowest BCUT2D eigenvalue weighted by Crippen LogP contribution is -2.28. The molecule has 0 bridgehead atoms. The SMILES string of the molecule is COc1ccc(NC(=O)C2CC(=O)N(c3ccc4c(c3)OCCO4)C2)cc1. The summed E-state index contributed by atoms with van der Waals surface area (Å²) in [5, 5.41) is 2.86. The smallest absolute Gasteiger partial charge is 0.229 e. The van der Waals surface area contributed by atoms with Crippen LogP contribution in [0.15, 0.2) is 42.5 Å². The number of anilines is 2. The molecule has 0 saturated carbocycles. The van der Waals surface area contributed by atoms with Gasteiger partial charge in [-0.05, 0) is 36.4 Å². The zero-order chi connectivity index (χ0) is 18.8. The molecule has 2 amide bonds. The summed E-state index contributed by atoms with van der Waals surface area (Å²) in [7, 11) is 1.59. The van der Waals surface area contributed by atoms with Crippen LogP contribution in [0.25, 0.3) is 0 Å². The van der Waals surface area contributed by atoms with Crippen molar-refractivity contribution >= 4 is 23.2 Å². The van der Waals surface area contributed by atoms with Gasteiger partial charge in [0, 0.05) is 30.4 Å². The number of methoxy groups -OCH3 is 1. The Balaban J connectivity index is 1.44. The number of hydrogen-bond donors (Lipinski definition) is 1. The van der Waals surface area contributed by atoms with E-state index in [9.17, 15) is 9.59 Å². The quantitative estimate of drug-likeness (QED) is 0.897. The molecule has 0 aromatic heterocycles. The molecule has 2 aliphatic heterocycles. The number of ether oxygens (including phenoxy) is 3. The number of benzene rings is 2. The van der Waals surface area contributed by atoms with E-state index in [1.807, 2.05) is 6.07 Å². The molecular weight excluding hydrogens is 348 g/mol. The number of nitrogens with one attached hydrogen (secondary N) is 1. The van der Waals surface area contributed by atoms with Crippen LogP contribution in [0.1, 0.15) is 6.42 Å². The molecule has 27 heavy (non-hydrogen) atoms. The highest BCUT2D eigenvalue weighted by Crippen LogP contribution is 2.36. The van der Waals surface area contributed by atoms with E-state index in [-0.39, 0.29) is 18.2 Å². The lowest BCUT2D eigenvalue weighted by Gasteiger charge is -2.22. The van der Waals surface area contributed by atoms with Gasteiger partial charge in [-0.15, -0.1) is 0 Å². The first-order valence-electron chi connectivity index (χ1n) is 8.79. The largest absolute Gasteiger partial charge is 0.497 e. The molecule has 140 valence electrons. The Kier molecular flexibility index (Phi) is 4.58. The molecule has 0 spiro atoms. The highest BCUT2D eigenvalue weighted by molar-refractivity contribution is 6.03. The molecule has 7 nitrogen and oxygen atoms in total. The molecule has 2 aliphatic rings. The van der Waals surface area contributed by atoms with Crippen LogP contribution in [0.4, 0.5) is 11.4 Å². The van der Waals surface area contributed by atoms with Crippen LogP contribution in [0.2, 0.25) is 0 Å². The fraction of sp³-hybridized carbons (Fsp3) is 0.300. The summed E-state index contributed by atoms with van der Waals surface area (Å²) in [6.45, 7) is 1.33. The number of fused-ring (bicyclic) bond motifs is 1. The summed E-state index contributed by atoms with van der Waals surface area (Å²) in [4.78, 5) is 26.6. The van der Waals surface area contributed by atoms with Crippen molar-refractivity contribution < 1.29 is 23.8 Å². The van der Waals surface area contributed by atoms with E-state index in [1.54, 1.807) is 48.4 Å². The van der Waals surface area contributed by atoms with E-state index < -0.39 is 5.92 Å². The number of amides is 2. The maximum absolute atomic E-state index is 12.6. The van der Waals surface area contributed by atoms with Crippen molar-refractivity contribution in [3.8, 4) is 17.2 Å². The van der Waals surface area contributed by atoms with Crippen LogP contribution >= 0.6 is 0 Å². The minimum Gasteiger partial charge on any atom is -0.497 e. The van der Waals surface area contributed by atoms with Gasteiger partial charge >= 0.3 is 0 Å². The Hall–Kier alpha value is -3.22. The molecule has 2 aromatic rings. The monoisotopic (exact) mass is 368 g/mol. The fourth-order valence-corrected chi connectivity index (χ4v) is 3.25. The van der Waals surface area contributed by atoms with Crippen molar-refractivity contribution in [1.29, 1.82) is 0 Å². The van der Waals surface area contributed by atoms with Crippen molar-refractivity contribution in [2.75, 3.05) is 37.1 Å². The minimum atomic E-state index is -0.409. The topological polar surface area (TPSA) is 77.1 Å². The molecule has 1 atom stereocenters. The molecule has 0 radical (unpaired) electrons. The van der Waals surface area contributed by atoms with Gasteiger partial charge in [0.15, 0.2) is 11.5 Å². The summed E-state index contributed by atoms with van der Waals surface area (Å²) in [5.74, 6) is 1.35. The lowest BCUT2D eigenvalue weighted by molar-refractivity contribution is -0.122. The maximum atomic E-state index is 12.6. The Morgan fingerprint density at radius 2 is 1.85 bits per heavy atom. The van der Waals surface area contributed by atoms with Crippen molar-refractivity contribution in [1.82, 2.24) is 0 Å². The molecular formula is C20H20N2O5. The van der Waals surface area contributed by atoms with Crippen LogP contribution < -0.4 is 24.4 Å². The van der Waals surface area contributed by atoms with Crippen molar-refractivity contribution in [3.63, 3.8) is 0 Å². The standard InChI is InChI=1S/C20H20N2O5/c1-25-16-5-2-14(3-6-16)21-20(24)13-10-19(23)22(12-13)15-4-7-17-18(11-15)27-9-8-26-17/h2-7,11,13H,8-10,12H2,1H3,(H,21,24). The Morgan fingerprint density at radius 1 is 1.11 bits per heavy atom. The van der Waals surface area contributed by atoms with Gasteiger partial charge in [-0.1, -0.05) is 0 Å². The average molecular weight is 368 g/mol. The van der Waals surface area contributed by atoms with Crippen molar-refractivity contribution in [2.45, 2.75) is 6.42 Å². The van der Waals surface area contributed by atoms with Crippen molar-refractivity contribution in [3.05, 3.63) is 42.5 Å². The predicted molar refractivity (Wildman–Crippen MR) is 99.5 cm³/mol. The molecule has 1 fully saturated rings. The van der Waals surface area contributed by atoms with Gasteiger partial charge < -0.3 is 24.4 Å². The summed E-state index contributed by atoms with van der Waals surface area (Å²) >= 11 is 0. The molecule has 0 aliphatic carbocycles. The number of carbonyl (C=O) groups is 2. The number of hydrogen-bond acceptors (Lipinski definition) is 5. The molecule has 7 heteroatoms. The normalized spacial score (nSPS) is 18.3. The fourth-order valence-electron chi connectivity index (χ4n) is 3.25. The highest BCUT2D eigenvalue weighted by Gasteiger charge is 2.35. The van der Waals surface area contributed by atoms with E-state index in [1.165, 1.54) is 0 Å². The summed E-state index contributed by atoms with van der Waals surface area (Å²) in [6, 6.07) is 12.5. The zero-order valence-corrected chi connectivity index (χ0v) is 14.9.